The first-order valence-corrected chi connectivity index (χ1v) is 12.3. The number of rotatable bonds is 6. The molecule has 1 saturated carbocycles. The Labute approximate surface area is 202 Å². The van der Waals surface area contributed by atoms with Crippen LogP contribution < -0.4 is 10.2 Å². The molecular weight excluding hydrogens is 456 g/mol. The fourth-order valence-corrected chi connectivity index (χ4v) is 5.17. The molecule has 4 heterocycles. The first kappa shape index (κ1) is 23.7. The molecule has 2 aliphatic rings. The van der Waals surface area contributed by atoms with Gasteiger partial charge in [-0.1, -0.05) is 13.8 Å². The summed E-state index contributed by atoms with van der Waals surface area (Å²) in [5.41, 5.74) is 0.361. The second-order valence-corrected chi connectivity index (χ2v) is 9.67. The number of aromatic nitrogens is 5. The monoisotopic (exact) mass is 487 g/mol. The van der Waals surface area contributed by atoms with Crippen LogP contribution >= 0.6 is 0 Å². The molecule has 1 aliphatic carbocycles. The van der Waals surface area contributed by atoms with Crippen molar-refractivity contribution in [3.05, 3.63) is 35.9 Å². The number of halogens is 2. The van der Waals surface area contributed by atoms with Gasteiger partial charge >= 0.3 is 0 Å². The number of morpholine rings is 1. The van der Waals surface area contributed by atoms with Gasteiger partial charge in [0, 0.05) is 19.3 Å². The molecule has 3 aromatic rings. The highest BCUT2D eigenvalue weighted by Crippen LogP contribution is 2.39. The molecule has 0 spiro atoms. The molecule has 0 radical (unpaired) electrons. The maximum Gasteiger partial charge on any atom is 0.282 e. The summed E-state index contributed by atoms with van der Waals surface area (Å²) >= 11 is 0. The Morgan fingerprint density at radius 2 is 1.86 bits per heavy atom. The van der Waals surface area contributed by atoms with Crippen molar-refractivity contribution in [3.63, 3.8) is 0 Å². The molecule has 35 heavy (non-hydrogen) atoms. The SMILES string of the molecule is CC(C)C1CCC(n2ncc(NC(=O)c3cnn4ccc(N5CCOCC5)nc34)c2C(F)F)CC1. The molecule has 5 rings (SSSR count). The van der Waals surface area contributed by atoms with Crippen LogP contribution in [0.2, 0.25) is 0 Å². The van der Waals surface area contributed by atoms with E-state index in [2.05, 4.69) is 39.2 Å². The van der Waals surface area contributed by atoms with E-state index in [0.29, 0.717) is 49.6 Å². The molecule has 0 unspecified atom stereocenters. The average molecular weight is 488 g/mol. The maximum absolute atomic E-state index is 14.1. The molecule has 1 saturated heterocycles. The summed E-state index contributed by atoms with van der Waals surface area (Å²) in [5.74, 6) is 1.37. The average Bonchev–Trinajstić information content (AvgIpc) is 3.48. The van der Waals surface area contributed by atoms with Crippen LogP contribution in [0.1, 0.15) is 68.0 Å². The number of carbonyl (C=O) groups is 1. The van der Waals surface area contributed by atoms with Gasteiger partial charge in [0.1, 0.15) is 17.1 Å². The number of ether oxygens (including phenoxy) is 1. The van der Waals surface area contributed by atoms with Crippen molar-refractivity contribution in [3.8, 4) is 0 Å². The van der Waals surface area contributed by atoms with Gasteiger partial charge in [0.05, 0.1) is 37.3 Å². The number of carbonyl (C=O) groups excluding carboxylic acids is 1. The Morgan fingerprint density at radius 3 is 2.54 bits per heavy atom. The van der Waals surface area contributed by atoms with Crippen LogP contribution in [-0.4, -0.2) is 56.6 Å². The molecule has 3 aromatic heterocycles. The molecule has 1 N–H and O–H groups in total. The van der Waals surface area contributed by atoms with Crippen LogP contribution in [0.25, 0.3) is 5.65 Å². The third kappa shape index (κ3) is 4.73. The first-order valence-electron chi connectivity index (χ1n) is 12.3. The molecule has 9 nitrogen and oxygen atoms in total. The highest BCUT2D eigenvalue weighted by molar-refractivity contribution is 6.08. The molecule has 1 aliphatic heterocycles. The van der Waals surface area contributed by atoms with Crippen molar-refractivity contribution >= 4 is 23.1 Å². The molecule has 2 fully saturated rings. The predicted molar refractivity (Wildman–Crippen MR) is 127 cm³/mol. The summed E-state index contributed by atoms with van der Waals surface area (Å²) in [4.78, 5) is 19.8. The van der Waals surface area contributed by atoms with Gasteiger partial charge in [0.15, 0.2) is 5.65 Å². The zero-order chi connectivity index (χ0) is 24.5. The van der Waals surface area contributed by atoms with Crippen molar-refractivity contribution in [2.24, 2.45) is 11.8 Å². The van der Waals surface area contributed by atoms with Gasteiger partial charge in [-0.05, 0) is 43.6 Å². The third-order valence-corrected chi connectivity index (χ3v) is 7.25. The lowest BCUT2D eigenvalue weighted by molar-refractivity contribution is 0.102. The Hall–Kier alpha value is -3.08. The second kappa shape index (κ2) is 9.88. The van der Waals surface area contributed by atoms with Crippen molar-refractivity contribution in [2.75, 3.05) is 36.5 Å². The zero-order valence-electron chi connectivity index (χ0n) is 20.0. The van der Waals surface area contributed by atoms with Crippen molar-refractivity contribution < 1.29 is 18.3 Å². The highest BCUT2D eigenvalue weighted by Gasteiger charge is 2.30. The van der Waals surface area contributed by atoms with Gasteiger partial charge in [0.25, 0.3) is 12.3 Å². The van der Waals surface area contributed by atoms with Crippen LogP contribution in [0.15, 0.2) is 24.7 Å². The molecule has 1 amide bonds. The van der Waals surface area contributed by atoms with Crippen LogP contribution in [0.5, 0.6) is 0 Å². The van der Waals surface area contributed by atoms with E-state index in [0.717, 1.165) is 25.7 Å². The minimum absolute atomic E-state index is 0.0275. The van der Waals surface area contributed by atoms with Gasteiger partial charge in [0.2, 0.25) is 0 Å². The number of hydrogen-bond acceptors (Lipinski definition) is 6. The van der Waals surface area contributed by atoms with E-state index in [-0.39, 0.29) is 23.0 Å². The quantitative estimate of drug-likeness (QED) is 0.556. The minimum Gasteiger partial charge on any atom is -0.378 e. The molecule has 0 bridgehead atoms. The highest BCUT2D eigenvalue weighted by atomic mass is 19.3. The third-order valence-electron chi connectivity index (χ3n) is 7.25. The van der Waals surface area contributed by atoms with Crippen LogP contribution in [0.3, 0.4) is 0 Å². The van der Waals surface area contributed by atoms with Crippen molar-refractivity contribution in [2.45, 2.75) is 52.0 Å². The van der Waals surface area contributed by atoms with E-state index >= 15 is 0 Å². The summed E-state index contributed by atoms with van der Waals surface area (Å²) < 4.78 is 36.6. The fraction of sp³-hybridized carbons (Fsp3) is 0.583. The van der Waals surface area contributed by atoms with Gasteiger partial charge in [-0.3, -0.25) is 9.48 Å². The standard InChI is InChI=1S/C24H31F2N7O2/c1-15(2)16-3-5-17(6-4-16)33-21(22(25)26)19(14-28-33)29-24(34)18-13-27-32-8-7-20(30-23(18)32)31-9-11-35-12-10-31/h7-8,13-17,22H,3-6,9-12H2,1-2H3,(H,29,34). The summed E-state index contributed by atoms with van der Waals surface area (Å²) in [6, 6.07) is 1.74. The topological polar surface area (TPSA) is 89.6 Å². The van der Waals surface area contributed by atoms with E-state index in [1.54, 1.807) is 6.20 Å². The van der Waals surface area contributed by atoms with Gasteiger partial charge in [-0.2, -0.15) is 10.2 Å². The predicted octanol–water partition coefficient (Wildman–Crippen LogP) is 4.34. The van der Waals surface area contributed by atoms with Gasteiger partial charge in [-0.15, -0.1) is 0 Å². The van der Waals surface area contributed by atoms with Crippen LogP contribution in [0.4, 0.5) is 20.3 Å². The van der Waals surface area contributed by atoms with Crippen molar-refractivity contribution in [1.29, 1.82) is 0 Å². The zero-order valence-corrected chi connectivity index (χ0v) is 20.0. The first-order chi connectivity index (χ1) is 16.9. The number of nitrogens with zero attached hydrogens (tertiary/aromatic N) is 6. The summed E-state index contributed by atoms with van der Waals surface area (Å²) in [6.07, 6.45) is 5.30. The molecule has 0 aromatic carbocycles. The fourth-order valence-electron chi connectivity index (χ4n) is 5.17. The lowest BCUT2D eigenvalue weighted by Crippen LogP contribution is -2.36. The lowest BCUT2D eigenvalue weighted by atomic mass is 9.80. The summed E-state index contributed by atoms with van der Waals surface area (Å²) in [5, 5.41) is 11.1. The maximum atomic E-state index is 14.1. The van der Waals surface area contributed by atoms with E-state index in [1.807, 2.05) is 6.07 Å². The van der Waals surface area contributed by atoms with E-state index in [9.17, 15) is 13.6 Å². The van der Waals surface area contributed by atoms with E-state index < -0.39 is 12.3 Å². The van der Waals surface area contributed by atoms with Gasteiger partial charge in [-0.25, -0.2) is 18.3 Å². The molecular formula is C24H31F2N7O2. The summed E-state index contributed by atoms with van der Waals surface area (Å²) in [7, 11) is 0. The van der Waals surface area contributed by atoms with Crippen LogP contribution in [0, 0.1) is 11.8 Å². The Morgan fingerprint density at radius 1 is 1.11 bits per heavy atom. The summed E-state index contributed by atoms with van der Waals surface area (Å²) in [6.45, 7) is 7.04. The molecule has 11 heteroatoms. The number of fused-ring (bicyclic) bond motifs is 1. The number of nitrogens with one attached hydrogen (secondary N) is 1. The number of amides is 1. The number of hydrogen-bond donors (Lipinski definition) is 1. The van der Waals surface area contributed by atoms with Crippen LogP contribution in [-0.2, 0) is 4.74 Å². The minimum atomic E-state index is -2.76. The second-order valence-electron chi connectivity index (χ2n) is 9.67. The van der Waals surface area contributed by atoms with Gasteiger partial charge < -0.3 is 15.0 Å². The number of anilines is 2. The normalized spacial score (nSPS) is 21.3. The number of alkyl halides is 2. The lowest BCUT2D eigenvalue weighted by Gasteiger charge is -2.31. The Kier molecular flexibility index (Phi) is 6.68. The Bertz CT molecular complexity index is 1180. The smallest absolute Gasteiger partial charge is 0.282 e. The largest absolute Gasteiger partial charge is 0.378 e. The van der Waals surface area contributed by atoms with E-state index in [1.165, 1.54) is 21.6 Å². The van der Waals surface area contributed by atoms with Crippen molar-refractivity contribution in [1.82, 2.24) is 24.4 Å². The molecule has 188 valence electrons. The molecule has 0 atom stereocenters. The Balaban J connectivity index is 1.37. The van der Waals surface area contributed by atoms with E-state index in [4.69, 9.17) is 4.74 Å².